The lowest BCUT2D eigenvalue weighted by Gasteiger charge is -2.22. The summed E-state index contributed by atoms with van der Waals surface area (Å²) in [7, 11) is 0. The van der Waals surface area contributed by atoms with Crippen LogP contribution in [0.15, 0.2) is 18.3 Å². The average Bonchev–Trinajstić information content (AvgIpc) is 2.23. The maximum absolute atomic E-state index is 5.76. The minimum atomic E-state index is 0.588. The molecule has 0 saturated carbocycles. The number of thioether (sulfide) groups is 1. The highest BCUT2D eigenvalue weighted by atomic mass is 35.5. The van der Waals surface area contributed by atoms with Crippen molar-refractivity contribution in [2.24, 2.45) is 0 Å². The van der Waals surface area contributed by atoms with Gasteiger partial charge in [-0.3, -0.25) is 0 Å². The first kappa shape index (κ1) is 10.1. The number of hydrogen-bond donors (Lipinski definition) is 1. The molecule has 1 aliphatic rings. The summed E-state index contributed by atoms with van der Waals surface area (Å²) >= 11 is 7.79. The quantitative estimate of drug-likeness (QED) is 0.843. The van der Waals surface area contributed by atoms with Gasteiger partial charge in [-0.15, -0.1) is 0 Å². The van der Waals surface area contributed by atoms with Crippen molar-refractivity contribution in [2.45, 2.75) is 18.9 Å². The standard InChI is InChI=1S/C10H13ClN2S/c11-8-1-2-10(12-7-8)13-9-3-5-14-6-4-9/h1-2,7,9H,3-6H2,(H,12,13). The molecular formula is C10H13ClN2S. The molecule has 0 atom stereocenters. The summed E-state index contributed by atoms with van der Waals surface area (Å²) in [5.74, 6) is 3.45. The third-order valence-corrected chi connectivity index (χ3v) is 3.57. The third kappa shape index (κ3) is 2.79. The predicted octanol–water partition coefficient (Wildman–Crippen LogP) is 3.04. The number of rotatable bonds is 2. The molecule has 0 amide bonds. The Balaban J connectivity index is 1.92. The van der Waals surface area contributed by atoms with Crippen molar-refractivity contribution < 1.29 is 0 Å². The minimum Gasteiger partial charge on any atom is -0.367 e. The van der Waals surface area contributed by atoms with Crippen LogP contribution in [0.3, 0.4) is 0 Å². The average molecular weight is 229 g/mol. The van der Waals surface area contributed by atoms with Gasteiger partial charge in [-0.1, -0.05) is 11.6 Å². The summed E-state index contributed by atoms with van der Waals surface area (Å²) in [6.07, 6.45) is 4.14. The zero-order valence-corrected chi connectivity index (χ0v) is 9.44. The van der Waals surface area contributed by atoms with E-state index in [1.54, 1.807) is 6.20 Å². The van der Waals surface area contributed by atoms with Crippen LogP contribution in [0, 0.1) is 0 Å². The summed E-state index contributed by atoms with van der Waals surface area (Å²) in [4.78, 5) is 4.22. The molecule has 0 aromatic carbocycles. The number of hydrogen-bond acceptors (Lipinski definition) is 3. The summed E-state index contributed by atoms with van der Waals surface area (Å²) in [5, 5.41) is 4.11. The van der Waals surface area contributed by atoms with Crippen molar-refractivity contribution in [2.75, 3.05) is 16.8 Å². The van der Waals surface area contributed by atoms with Gasteiger partial charge < -0.3 is 5.32 Å². The Bertz CT molecular complexity index is 283. The van der Waals surface area contributed by atoms with Crippen LogP contribution in [0.4, 0.5) is 5.82 Å². The van der Waals surface area contributed by atoms with Gasteiger partial charge >= 0.3 is 0 Å². The van der Waals surface area contributed by atoms with Crippen molar-refractivity contribution in [3.8, 4) is 0 Å². The van der Waals surface area contributed by atoms with E-state index in [9.17, 15) is 0 Å². The van der Waals surface area contributed by atoms with Crippen LogP contribution >= 0.6 is 23.4 Å². The monoisotopic (exact) mass is 228 g/mol. The third-order valence-electron chi connectivity index (χ3n) is 2.30. The molecule has 1 saturated heterocycles. The van der Waals surface area contributed by atoms with E-state index in [1.807, 2.05) is 23.9 Å². The lowest BCUT2D eigenvalue weighted by atomic mass is 10.1. The van der Waals surface area contributed by atoms with Gasteiger partial charge in [-0.2, -0.15) is 11.8 Å². The van der Waals surface area contributed by atoms with E-state index in [-0.39, 0.29) is 0 Å². The number of anilines is 1. The van der Waals surface area contributed by atoms with Crippen molar-refractivity contribution in [3.63, 3.8) is 0 Å². The van der Waals surface area contributed by atoms with Crippen LogP contribution in [0.1, 0.15) is 12.8 Å². The van der Waals surface area contributed by atoms with Crippen molar-refractivity contribution in [3.05, 3.63) is 23.4 Å². The summed E-state index contributed by atoms with van der Waals surface area (Å²) in [5.41, 5.74) is 0. The first-order chi connectivity index (χ1) is 6.84. The molecule has 0 radical (unpaired) electrons. The van der Waals surface area contributed by atoms with Gasteiger partial charge in [-0.05, 0) is 36.5 Å². The zero-order chi connectivity index (χ0) is 9.80. The van der Waals surface area contributed by atoms with E-state index < -0.39 is 0 Å². The van der Waals surface area contributed by atoms with Gasteiger partial charge in [0.25, 0.3) is 0 Å². The molecule has 1 N–H and O–H groups in total. The lowest BCUT2D eigenvalue weighted by Crippen LogP contribution is -2.24. The van der Waals surface area contributed by atoms with Crippen LogP contribution in [-0.4, -0.2) is 22.5 Å². The van der Waals surface area contributed by atoms with Crippen LogP contribution in [0.2, 0.25) is 5.02 Å². The predicted molar refractivity (Wildman–Crippen MR) is 63.2 cm³/mol. The van der Waals surface area contributed by atoms with E-state index in [2.05, 4.69) is 10.3 Å². The second-order valence-corrected chi connectivity index (χ2v) is 5.05. The molecule has 2 heterocycles. The molecule has 0 unspecified atom stereocenters. The molecule has 1 aromatic heterocycles. The molecule has 76 valence electrons. The molecule has 0 spiro atoms. The zero-order valence-electron chi connectivity index (χ0n) is 7.87. The maximum Gasteiger partial charge on any atom is 0.126 e. The summed E-state index contributed by atoms with van der Waals surface area (Å²) in [6.45, 7) is 0. The SMILES string of the molecule is Clc1ccc(NC2CCSCC2)nc1. The molecule has 2 rings (SSSR count). The Labute approximate surface area is 93.4 Å². The first-order valence-corrected chi connectivity index (χ1v) is 6.34. The van der Waals surface area contributed by atoms with Crippen LogP contribution in [-0.2, 0) is 0 Å². The van der Waals surface area contributed by atoms with Gasteiger partial charge in [0.15, 0.2) is 0 Å². The fourth-order valence-corrected chi connectivity index (χ4v) is 2.73. The molecule has 1 aromatic rings. The second-order valence-electron chi connectivity index (χ2n) is 3.39. The molecule has 1 aliphatic heterocycles. The first-order valence-electron chi connectivity index (χ1n) is 4.80. The summed E-state index contributed by atoms with van der Waals surface area (Å²) in [6, 6.07) is 4.39. The van der Waals surface area contributed by atoms with Crippen LogP contribution in [0.25, 0.3) is 0 Å². The molecule has 1 fully saturated rings. The molecule has 14 heavy (non-hydrogen) atoms. The number of nitrogens with zero attached hydrogens (tertiary/aromatic N) is 1. The smallest absolute Gasteiger partial charge is 0.126 e. The molecule has 0 aliphatic carbocycles. The lowest BCUT2D eigenvalue weighted by molar-refractivity contribution is 0.664. The number of halogens is 1. The Morgan fingerprint density at radius 2 is 2.14 bits per heavy atom. The largest absolute Gasteiger partial charge is 0.367 e. The van der Waals surface area contributed by atoms with E-state index in [1.165, 1.54) is 24.3 Å². The van der Waals surface area contributed by atoms with E-state index >= 15 is 0 Å². The Hall–Kier alpha value is -0.410. The molecule has 4 heteroatoms. The number of aromatic nitrogens is 1. The van der Waals surface area contributed by atoms with E-state index in [0.29, 0.717) is 11.1 Å². The fraction of sp³-hybridized carbons (Fsp3) is 0.500. The molecular weight excluding hydrogens is 216 g/mol. The Kier molecular flexibility index (Phi) is 3.54. The topological polar surface area (TPSA) is 24.9 Å². The van der Waals surface area contributed by atoms with Crippen LogP contribution in [0.5, 0.6) is 0 Å². The second kappa shape index (κ2) is 4.89. The van der Waals surface area contributed by atoms with E-state index in [4.69, 9.17) is 11.6 Å². The summed E-state index contributed by atoms with van der Waals surface area (Å²) < 4.78 is 0. The van der Waals surface area contributed by atoms with Crippen molar-refractivity contribution >= 4 is 29.2 Å². The minimum absolute atomic E-state index is 0.588. The van der Waals surface area contributed by atoms with Crippen molar-refractivity contribution in [1.82, 2.24) is 4.98 Å². The van der Waals surface area contributed by atoms with Gasteiger partial charge in [0, 0.05) is 12.2 Å². The van der Waals surface area contributed by atoms with E-state index in [0.717, 1.165) is 5.82 Å². The number of pyridine rings is 1. The maximum atomic E-state index is 5.76. The van der Waals surface area contributed by atoms with Crippen molar-refractivity contribution in [1.29, 1.82) is 0 Å². The van der Waals surface area contributed by atoms with Gasteiger partial charge in [0.05, 0.1) is 5.02 Å². The fourth-order valence-electron chi connectivity index (χ4n) is 1.51. The number of nitrogens with one attached hydrogen (secondary N) is 1. The Morgan fingerprint density at radius 3 is 2.79 bits per heavy atom. The normalized spacial score (nSPS) is 18.1. The van der Waals surface area contributed by atoms with Gasteiger partial charge in [0.2, 0.25) is 0 Å². The Morgan fingerprint density at radius 1 is 1.36 bits per heavy atom. The van der Waals surface area contributed by atoms with Gasteiger partial charge in [-0.25, -0.2) is 4.98 Å². The highest BCUT2D eigenvalue weighted by Crippen LogP contribution is 2.20. The highest BCUT2D eigenvalue weighted by Gasteiger charge is 2.13. The van der Waals surface area contributed by atoms with Gasteiger partial charge in [0.1, 0.15) is 5.82 Å². The highest BCUT2D eigenvalue weighted by molar-refractivity contribution is 7.99. The molecule has 0 bridgehead atoms. The molecule has 2 nitrogen and oxygen atoms in total. The van der Waals surface area contributed by atoms with Crippen LogP contribution < -0.4 is 5.32 Å².